The summed E-state index contributed by atoms with van der Waals surface area (Å²) in [5, 5.41) is 20.0. The number of amides is 2. The van der Waals surface area contributed by atoms with Gasteiger partial charge in [-0.25, -0.2) is 18.4 Å². The highest BCUT2D eigenvalue weighted by Gasteiger charge is 2.47. The van der Waals surface area contributed by atoms with Gasteiger partial charge in [0.25, 0.3) is 5.91 Å². The molecule has 2 aliphatic rings. The van der Waals surface area contributed by atoms with Gasteiger partial charge in [0, 0.05) is 41.1 Å². The van der Waals surface area contributed by atoms with E-state index in [1.54, 1.807) is 37.4 Å². The van der Waals surface area contributed by atoms with Gasteiger partial charge < -0.3 is 25.6 Å². The summed E-state index contributed by atoms with van der Waals surface area (Å²) in [5.74, 6) is -2.64. The summed E-state index contributed by atoms with van der Waals surface area (Å²) >= 11 is 0. The molecule has 0 unspecified atom stereocenters. The van der Waals surface area contributed by atoms with Crippen molar-refractivity contribution in [1.82, 2.24) is 20.1 Å². The average Bonchev–Trinajstić information content (AvgIpc) is 3.58. The summed E-state index contributed by atoms with van der Waals surface area (Å²) in [5.41, 5.74) is 6.16. The fraction of sp³-hybridized carbons (Fsp3) is 0.394. The largest absolute Gasteiger partial charge is 0.494 e. The van der Waals surface area contributed by atoms with Gasteiger partial charge in [0.2, 0.25) is 11.7 Å². The van der Waals surface area contributed by atoms with Crippen molar-refractivity contribution in [2.45, 2.75) is 56.8 Å². The van der Waals surface area contributed by atoms with Crippen molar-refractivity contribution in [3.63, 3.8) is 0 Å². The van der Waals surface area contributed by atoms with Crippen LogP contribution in [-0.4, -0.2) is 51.9 Å². The summed E-state index contributed by atoms with van der Waals surface area (Å²) in [6.45, 7) is 1.86. The third kappa shape index (κ3) is 5.82. The highest BCUT2D eigenvalue weighted by molar-refractivity contribution is 6.00. The van der Waals surface area contributed by atoms with Crippen LogP contribution < -0.4 is 20.5 Å². The molecule has 2 fully saturated rings. The number of hydrogen-bond acceptors (Lipinski definition) is 7. The third-order valence-corrected chi connectivity index (χ3v) is 8.69. The van der Waals surface area contributed by atoms with E-state index in [0.29, 0.717) is 64.9 Å². The van der Waals surface area contributed by atoms with Crippen LogP contribution in [0.25, 0.3) is 22.2 Å². The Kier molecular flexibility index (Phi) is 7.94. The first kappa shape index (κ1) is 30.4. The monoisotopic (exact) mass is 619 g/mol. The minimum absolute atomic E-state index is 0.181. The van der Waals surface area contributed by atoms with Gasteiger partial charge in [-0.1, -0.05) is 6.42 Å². The number of nitrogens with zero attached hydrogens (tertiary/aromatic N) is 3. The molecule has 1 atom stereocenters. The van der Waals surface area contributed by atoms with E-state index in [4.69, 9.17) is 20.2 Å². The maximum atomic E-state index is 14.7. The van der Waals surface area contributed by atoms with Crippen LogP contribution in [0.1, 0.15) is 60.6 Å². The number of hydrogen-bond donors (Lipinski definition) is 3. The number of fused-ring (bicyclic) bond motifs is 1. The molecule has 2 saturated carbocycles. The number of nitrogens with one attached hydrogen (secondary N) is 1. The lowest BCUT2D eigenvalue weighted by molar-refractivity contribution is -0.117. The van der Waals surface area contributed by atoms with Crippen molar-refractivity contribution in [3.8, 4) is 22.8 Å². The Bertz CT molecular complexity index is 1770. The first-order chi connectivity index (χ1) is 21.5. The van der Waals surface area contributed by atoms with Gasteiger partial charge in [-0.05, 0) is 68.1 Å². The van der Waals surface area contributed by atoms with Crippen molar-refractivity contribution >= 4 is 22.7 Å². The van der Waals surface area contributed by atoms with Gasteiger partial charge in [-0.3, -0.25) is 9.59 Å². The van der Waals surface area contributed by atoms with E-state index in [0.717, 1.165) is 6.42 Å². The van der Waals surface area contributed by atoms with Gasteiger partial charge >= 0.3 is 0 Å². The number of pyridine rings is 1. The fourth-order valence-corrected chi connectivity index (χ4v) is 5.81. The molecule has 2 aliphatic carbocycles. The molecular weight excluding hydrogens is 584 g/mol. The molecule has 6 rings (SSSR count). The summed E-state index contributed by atoms with van der Waals surface area (Å²) < 4.78 is 41.2. The number of halogens is 2. The van der Waals surface area contributed by atoms with Gasteiger partial charge in [-0.15, -0.1) is 0 Å². The fourth-order valence-electron chi connectivity index (χ4n) is 5.81. The summed E-state index contributed by atoms with van der Waals surface area (Å²) in [7, 11) is 1.45. The van der Waals surface area contributed by atoms with Gasteiger partial charge in [0.1, 0.15) is 34.1 Å². The second-order valence-electron chi connectivity index (χ2n) is 11.8. The normalized spacial score (nSPS) is 16.9. The second kappa shape index (κ2) is 11.7. The highest BCUT2D eigenvalue weighted by atomic mass is 19.1. The zero-order chi connectivity index (χ0) is 31.9. The number of rotatable bonds is 12. The molecule has 4 N–H and O–H groups in total. The van der Waals surface area contributed by atoms with E-state index in [1.165, 1.54) is 30.0 Å². The molecule has 0 spiro atoms. The molecule has 2 aromatic carbocycles. The highest BCUT2D eigenvalue weighted by Crippen LogP contribution is 2.46. The van der Waals surface area contributed by atoms with Gasteiger partial charge in [-0.2, -0.15) is 5.10 Å². The molecule has 236 valence electrons. The van der Waals surface area contributed by atoms with E-state index >= 15 is 0 Å². The Morgan fingerprint density at radius 1 is 1.20 bits per heavy atom. The van der Waals surface area contributed by atoms with Crippen LogP contribution in [0.4, 0.5) is 8.78 Å². The lowest BCUT2D eigenvalue weighted by Crippen LogP contribution is -2.49. The number of aliphatic hydroxyl groups is 1. The van der Waals surface area contributed by atoms with Crippen molar-refractivity contribution < 1.29 is 33.0 Å². The summed E-state index contributed by atoms with van der Waals surface area (Å²) in [4.78, 5) is 30.5. The first-order valence-electron chi connectivity index (χ1n) is 15.0. The summed E-state index contributed by atoms with van der Waals surface area (Å²) in [6, 6.07) is 10.4. The Morgan fingerprint density at radius 2 is 1.93 bits per heavy atom. The molecule has 45 heavy (non-hydrogen) atoms. The Labute approximate surface area is 258 Å². The van der Waals surface area contributed by atoms with E-state index in [9.17, 15) is 23.5 Å². The topological polar surface area (TPSA) is 142 Å². The molecule has 4 aromatic rings. The molecule has 12 heteroatoms. The molecule has 2 heterocycles. The van der Waals surface area contributed by atoms with Gasteiger partial charge in [0.05, 0.1) is 32.4 Å². The van der Waals surface area contributed by atoms with E-state index in [2.05, 4.69) is 10.4 Å². The van der Waals surface area contributed by atoms with E-state index in [-0.39, 0.29) is 36.7 Å². The molecular formula is C33H35F2N5O5. The number of alkyl halides is 1. The minimum atomic E-state index is -1.62. The molecule has 10 nitrogen and oxygen atoms in total. The Morgan fingerprint density at radius 3 is 2.53 bits per heavy atom. The third-order valence-electron chi connectivity index (χ3n) is 8.69. The molecule has 2 aromatic heterocycles. The standard InChI is InChI=1S/C33H35F2N5O5/c1-3-45-30-20(16-27(36)41)15-26(38-29(30)19-7-9-24(34)10-8-19)33(43,23-5-4-6-23)18-37-31(42)21-13-22-17-40(32(35)11-12-32)39-28(22)25(14-21)44-2/h7-10,13-15,17,23,43H,3-6,11-12,16,18H2,1-2H3,(H2,36,41)(H,37,42)/t33-/m1/s1. The average molecular weight is 620 g/mol. The van der Waals surface area contributed by atoms with Crippen molar-refractivity contribution in [1.29, 1.82) is 0 Å². The number of benzene rings is 2. The first-order valence-corrected chi connectivity index (χ1v) is 15.0. The number of methoxy groups -OCH3 is 1. The molecule has 0 bridgehead atoms. The number of nitrogens with two attached hydrogens (primary N) is 1. The maximum Gasteiger partial charge on any atom is 0.251 e. The zero-order valence-corrected chi connectivity index (χ0v) is 25.1. The SMILES string of the molecule is CCOc1c(CC(N)=O)cc([C@@](O)(CNC(=O)c2cc(OC)c3nn(C4(F)CC4)cc3c2)C2CCC2)nc1-c1ccc(F)cc1. The van der Waals surface area contributed by atoms with Crippen LogP contribution in [0.3, 0.4) is 0 Å². The number of ether oxygens (including phenoxy) is 2. The van der Waals surface area contributed by atoms with Crippen molar-refractivity contribution in [2.24, 2.45) is 11.7 Å². The lowest BCUT2D eigenvalue weighted by Gasteiger charge is -2.41. The predicted molar refractivity (Wildman–Crippen MR) is 162 cm³/mol. The van der Waals surface area contributed by atoms with Crippen LogP contribution in [0.2, 0.25) is 0 Å². The number of aromatic nitrogens is 3. The molecule has 0 aliphatic heterocycles. The van der Waals surface area contributed by atoms with Crippen molar-refractivity contribution in [3.05, 3.63) is 71.3 Å². The van der Waals surface area contributed by atoms with E-state index < -0.39 is 29.0 Å². The second-order valence-corrected chi connectivity index (χ2v) is 11.8. The van der Waals surface area contributed by atoms with E-state index in [1.807, 2.05) is 0 Å². The van der Waals surface area contributed by atoms with Crippen LogP contribution >= 0.6 is 0 Å². The number of carbonyl (C=O) groups is 2. The van der Waals surface area contributed by atoms with Crippen LogP contribution in [0, 0.1) is 11.7 Å². The Balaban J connectivity index is 1.37. The Hall–Kier alpha value is -4.58. The number of primary amides is 1. The molecule has 2 amide bonds. The lowest BCUT2D eigenvalue weighted by atomic mass is 9.70. The smallest absolute Gasteiger partial charge is 0.251 e. The molecule has 0 saturated heterocycles. The predicted octanol–water partition coefficient (Wildman–Crippen LogP) is 4.51. The maximum absolute atomic E-state index is 14.7. The minimum Gasteiger partial charge on any atom is -0.494 e. The van der Waals surface area contributed by atoms with Crippen LogP contribution in [0.15, 0.2) is 48.7 Å². The van der Waals surface area contributed by atoms with Crippen LogP contribution in [-0.2, 0) is 22.6 Å². The van der Waals surface area contributed by atoms with Gasteiger partial charge in [0.15, 0.2) is 0 Å². The van der Waals surface area contributed by atoms with Crippen molar-refractivity contribution in [2.75, 3.05) is 20.3 Å². The number of carbonyl (C=O) groups excluding carboxylic acids is 2. The quantitative estimate of drug-likeness (QED) is 0.212. The zero-order valence-electron chi connectivity index (χ0n) is 25.1. The molecule has 0 radical (unpaired) electrons. The summed E-state index contributed by atoms with van der Waals surface area (Å²) in [6.07, 6.45) is 4.42. The van der Waals surface area contributed by atoms with Crippen LogP contribution in [0.5, 0.6) is 11.5 Å².